The van der Waals surface area contributed by atoms with E-state index in [0.717, 1.165) is 16.7 Å². The Kier molecular flexibility index (Phi) is 6.34. The molecular weight excluding hydrogens is 370 g/mol. The van der Waals surface area contributed by atoms with Crippen molar-refractivity contribution in [1.29, 1.82) is 0 Å². The van der Waals surface area contributed by atoms with Gasteiger partial charge in [0.1, 0.15) is 11.3 Å². The van der Waals surface area contributed by atoms with Crippen LogP contribution in [0.4, 0.5) is 0 Å². The lowest BCUT2D eigenvalue weighted by atomic mass is 10.0. The molecule has 2 aromatic carbocycles. The molecule has 0 spiro atoms. The van der Waals surface area contributed by atoms with Gasteiger partial charge in [-0.15, -0.1) is 0 Å². The minimum Gasteiger partial charge on any atom is -0.480 e. The van der Waals surface area contributed by atoms with E-state index in [-0.39, 0.29) is 12.5 Å². The Morgan fingerprint density at radius 1 is 1.21 bits per heavy atom. The van der Waals surface area contributed by atoms with Gasteiger partial charge in [0.15, 0.2) is 6.10 Å². The van der Waals surface area contributed by atoms with Crippen LogP contribution < -0.4 is 15.7 Å². The zero-order valence-corrected chi connectivity index (χ0v) is 16.8. The second-order valence-corrected chi connectivity index (χ2v) is 7.01. The molecule has 1 heterocycles. The van der Waals surface area contributed by atoms with E-state index in [1.807, 2.05) is 38.1 Å². The molecule has 0 unspecified atom stereocenters. The Labute approximate surface area is 169 Å². The summed E-state index contributed by atoms with van der Waals surface area (Å²) in [6.45, 7) is 5.54. The fourth-order valence-electron chi connectivity index (χ4n) is 3.22. The number of amides is 1. The standard InChI is InChI=1S/C23H25NO5/c1-4-16-12-21(26)29-20-11-14(2)10-19(22(16)20)28-15(3)23(27)24-13-18(25)17-8-6-5-7-9-17/h5-12,15,18,25H,4,13H2,1-3H3,(H,24,27)/t15-,18+/m1/s1. The second kappa shape index (κ2) is 8.92. The molecule has 1 aromatic heterocycles. The summed E-state index contributed by atoms with van der Waals surface area (Å²) < 4.78 is 11.3. The topological polar surface area (TPSA) is 88.8 Å². The number of aliphatic hydroxyl groups is 1. The maximum Gasteiger partial charge on any atom is 0.336 e. The summed E-state index contributed by atoms with van der Waals surface area (Å²) in [5, 5.41) is 13.6. The van der Waals surface area contributed by atoms with E-state index in [2.05, 4.69) is 5.32 Å². The molecule has 0 aliphatic carbocycles. The van der Waals surface area contributed by atoms with Crippen LogP contribution in [0.25, 0.3) is 11.0 Å². The number of hydrogen-bond donors (Lipinski definition) is 2. The molecule has 6 nitrogen and oxygen atoms in total. The van der Waals surface area contributed by atoms with Gasteiger partial charge in [-0.25, -0.2) is 4.79 Å². The van der Waals surface area contributed by atoms with Gasteiger partial charge in [-0.3, -0.25) is 4.79 Å². The van der Waals surface area contributed by atoms with Crippen LogP contribution in [0.3, 0.4) is 0 Å². The fourth-order valence-corrected chi connectivity index (χ4v) is 3.22. The molecule has 0 radical (unpaired) electrons. The highest BCUT2D eigenvalue weighted by Gasteiger charge is 2.19. The van der Waals surface area contributed by atoms with Crippen LogP contribution in [-0.2, 0) is 11.2 Å². The monoisotopic (exact) mass is 395 g/mol. The quantitative estimate of drug-likeness (QED) is 0.600. The van der Waals surface area contributed by atoms with E-state index < -0.39 is 17.8 Å². The van der Waals surface area contributed by atoms with Crippen LogP contribution in [0.2, 0.25) is 0 Å². The number of fused-ring (bicyclic) bond motifs is 1. The number of benzene rings is 2. The number of nitrogens with one attached hydrogen (secondary N) is 1. The number of carbonyl (C=O) groups is 1. The van der Waals surface area contributed by atoms with Crippen molar-refractivity contribution in [3.05, 3.63) is 75.6 Å². The summed E-state index contributed by atoms with van der Waals surface area (Å²) >= 11 is 0. The summed E-state index contributed by atoms with van der Waals surface area (Å²) in [7, 11) is 0. The molecule has 3 aromatic rings. The number of ether oxygens (including phenoxy) is 1. The van der Waals surface area contributed by atoms with Crippen LogP contribution in [0.15, 0.2) is 57.7 Å². The minimum atomic E-state index is -0.798. The molecule has 0 fully saturated rings. The Morgan fingerprint density at radius 2 is 1.93 bits per heavy atom. The highest BCUT2D eigenvalue weighted by Crippen LogP contribution is 2.31. The van der Waals surface area contributed by atoms with Crippen LogP contribution in [0.1, 0.15) is 36.6 Å². The van der Waals surface area contributed by atoms with Crippen molar-refractivity contribution < 1.29 is 19.1 Å². The predicted octanol–water partition coefficient (Wildman–Crippen LogP) is 3.28. The number of aryl methyl sites for hydroxylation is 2. The zero-order valence-electron chi connectivity index (χ0n) is 16.8. The molecule has 2 atom stereocenters. The van der Waals surface area contributed by atoms with Crippen LogP contribution in [-0.4, -0.2) is 23.7 Å². The number of hydrogen-bond acceptors (Lipinski definition) is 5. The van der Waals surface area contributed by atoms with E-state index in [1.165, 1.54) is 6.07 Å². The maximum absolute atomic E-state index is 12.5. The lowest BCUT2D eigenvalue weighted by Gasteiger charge is -2.19. The van der Waals surface area contributed by atoms with Gasteiger partial charge in [-0.05, 0) is 49.1 Å². The SMILES string of the molecule is CCc1cc(=O)oc2cc(C)cc(O[C@H](C)C(=O)NC[C@H](O)c3ccccc3)c12. The lowest BCUT2D eigenvalue weighted by molar-refractivity contribution is -0.127. The van der Waals surface area contributed by atoms with Gasteiger partial charge in [0.25, 0.3) is 5.91 Å². The molecule has 2 N–H and O–H groups in total. The van der Waals surface area contributed by atoms with E-state index >= 15 is 0 Å². The molecule has 0 saturated heterocycles. The van der Waals surface area contributed by atoms with E-state index in [0.29, 0.717) is 23.1 Å². The number of rotatable bonds is 7. The molecule has 0 saturated carbocycles. The van der Waals surface area contributed by atoms with Crippen molar-refractivity contribution in [3.8, 4) is 5.75 Å². The molecule has 6 heteroatoms. The van der Waals surface area contributed by atoms with Crippen molar-refractivity contribution >= 4 is 16.9 Å². The third-order valence-corrected chi connectivity index (χ3v) is 4.74. The first-order valence-corrected chi connectivity index (χ1v) is 9.63. The summed E-state index contributed by atoms with van der Waals surface area (Å²) in [6, 6.07) is 14.2. The van der Waals surface area contributed by atoms with Crippen molar-refractivity contribution in [2.24, 2.45) is 0 Å². The molecule has 0 aliphatic rings. The first-order chi connectivity index (χ1) is 13.9. The Morgan fingerprint density at radius 3 is 2.62 bits per heavy atom. The summed E-state index contributed by atoms with van der Waals surface area (Å²) in [5.74, 6) is 0.150. The Balaban J connectivity index is 1.76. The van der Waals surface area contributed by atoms with Crippen LogP contribution in [0, 0.1) is 6.92 Å². The predicted molar refractivity (Wildman–Crippen MR) is 111 cm³/mol. The lowest BCUT2D eigenvalue weighted by Crippen LogP contribution is -2.38. The molecular formula is C23H25NO5. The van der Waals surface area contributed by atoms with Gasteiger partial charge in [-0.2, -0.15) is 0 Å². The van der Waals surface area contributed by atoms with Crippen molar-refractivity contribution in [1.82, 2.24) is 5.32 Å². The van der Waals surface area contributed by atoms with Gasteiger partial charge in [0.2, 0.25) is 0 Å². The van der Waals surface area contributed by atoms with Gasteiger partial charge < -0.3 is 19.6 Å². The number of aliphatic hydroxyl groups excluding tert-OH is 1. The molecule has 0 bridgehead atoms. The van der Waals surface area contributed by atoms with Crippen LogP contribution >= 0.6 is 0 Å². The average Bonchev–Trinajstić information content (AvgIpc) is 2.71. The van der Waals surface area contributed by atoms with Crippen molar-refractivity contribution in [2.75, 3.05) is 6.54 Å². The Bertz CT molecular complexity index is 1060. The normalized spacial score (nSPS) is 13.1. The molecule has 0 aliphatic heterocycles. The molecule has 1 amide bonds. The van der Waals surface area contributed by atoms with Gasteiger partial charge in [0, 0.05) is 12.6 Å². The van der Waals surface area contributed by atoms with Gasteiger partial charge >= 0.3 is 5.63 Å². The van der Waals surface area contributed by atoms with Crippen molar-refractivity contribution in [3.63, 3.8) is 0 Å². The van der Waals surface area contributed by atoms with Crippen molar-refractivity contribution in [2.45, 2.75) is 39.4 Å². The van der Waals surface area contributed by atoms with Gasteiger partial charge in [0.05, 0.1) is 11.5 Å². The second-order valence-electron chi connectivity index (χ2n) is 7.01. The van der Waals surface area contributed by atoms with Crippen LogP contribution in [0.5, 0.6) is 5.75 Å². The van der Waals surface area contributed by atoms with E-state index in [4.69, 9.17) is 9.15 Å². The summed E-state index contributed by atoms with van der Waals surface area (Å²) in [6.07, 6.45) is -0.960. The van der Waals surface area contributed by atoms with E-state index in [9.17, 15) is 14.7 Å². The Hall–Kier alpha value is -3.12. The first-order valence-electron chi connectivity index (χ1n) is 9.63. The third kappa shape index (κ3) is 4.84. The highest BCUT2D eigenvalue weighted by molar-refractivity contribution is 5.88. The summed E-state index contributed by atoms with van der Waals surface area (Å²) in [4.78, 5) is 24.3. The first kappa shape index (κ1) is 20.6. The minimum absolute atomic E-state index is 0.0835. The molecule has 152 valence electrons. The maximum atomic E-state index is 12.5. The molecule has 29 heavy (non-hydrogen) atoms. The van der Waals surface area contributed by atoms with E-state index in [1.54, 1.807) is 25.1 Å². The average molecular weight is 395 g/mol. The third-order valence-electron chi connectivity index (χ3n) is 4.74. The molecule has 3 rings (SSSR count). The smallest absolute Gasteiger partial charge is 0.336 e. The van der Waals surface area contributed by atoms with Gasteiger partial charge in [-0.1, -0.05) is 37.3 Å². The highest BCUT2D eigenvalue weighted by atomic mass is 16.5. The number of carbonyl (C=O) groups excluding carboxylic acids is 1. The summed E-state index contributed by atoms with van der Waals surface area (Å²) in [5.41, 5.74) is 2.42. The fraction of sp³-hybridized carbons (Fsp3) is 0.304. The zero-order chi connectivity index (χ0) is 21.0. The largest absolute Gasteiger partial charge is 0.480 e.